The van der Waals surface area contributed by atoms with Gasteiger partial charge in [0.1, 0.15) is 5.75 Å². The van der Waals surface area contributed by atoms with Crippen molar-refractivity contribution in [3.63, 3.8) is 0 Å². The smallest absolute Gasteiger partial charge is 0.417 e. The Bertz CT molecular complexity index is 869. The van der Waals surface area contributed by atoms with Crippen molar-refractivity contribution in [2.24, 2.45) is 0 Å². The maximum Gasteiger partial charge on any atom is 0.417 e. The molecule has 3 aromatic rings. The quantitative estimate of drug-likeness (QED) is 0.653. The van der Waals surface area contributed by atoms with Gasteiger partial charge < -0.3 is 14.5 Å². The summed E-state index contributed by atoms with van der Waals surface area (Å²) in [5.41, 5.74) is -0.673. The van der Waals surface area contributed by atoms with E-state index in [-0.39, 0.29) is 35.6 Å². The highest BCUT2D eigenvalue weighted by molar-refractivity contribution is 6.31. The zero-order chi connectivity index (χ0) is 18.6. The largest absolute Gasteiger partial charge is 0.484 e. The first-order chi connectivity index (χ1) is 12.4. The van der Waals surface area contributed by atoms with Crippen LogP contribution < -0.4 is 10.1 Å². The van der Waals surface area contributed by atoms with Crippen molar-refractivity contribution in [2.45, 2.75) is 19.3 Å². The van der Waals surface area contributed by atoms with Crippen LogP contribution in [-0.4, -0.2) is 10.2 Å². The van der Waals surface area contributed by atoms with Gasteiger partial charge in [0.15, 0.2) is 6.61 Å². The molecular formula is C17H13ClF3N3O2. The summed E-state index contributed by atoms with van der Waals surface area (Å²) in [6, 6.07) is 12.7. The molecule has 26 heavy (non-hydrogen) atoms. The van der Waals surface area contributed by atoms with Crippen LogP contribution in [0, 0.1) is 0 Å². The van der Waals surface area contributed by atoms with Crippen molar-refractivity contribution in [1.82, 2.24) is 10.2 Å². The number of benzene rings is 2. The molecule has 0 aliphatic rings. The minimum absolute atomic E-state index is 0.0667. The highest BCUT2D eigenvalue weighted by atomic mass is 35.5. The zero-order valence-corrected chi connectivity index (χ0v) is 14.0. The molecule has 0 aliphatic heterocycles. The van der Waals surface area contributed by atoms with E-state index in [2.05, 4.69) is 15.5 Å². The van der Waals surface area contributed by atoms with Crippen LogP contribution >= 0.6 is 11.6 Å². The fraction of sp³-hybridized carbons (Fsp3) is 0.176. The van der Waals surface area contributed by atoms with Crippen molar-refractivity contribution in [3.05, 3.63) is 70.9 Å². The van der Waals surface area contributed by atoms with Gasteiger partial charge in [-0.1, -0.05) is 29.8 Å². The molecule has 9 heteroatoms. The number of halogens is 4. The summed E-state index contributed by atoms with van der Waals surface area (Å²) in [7, 11) is 0. The number of para-hydroxylation sites is 1. The standard InChI is InChI=1S/C17H13ClF3N3O2/c18-14-7-6-11(8-13(14)17(19,20)21)22-9-15-23-24-16(26-15)10-25-12-4-2-1-3-5-12/h1-8,22H,9-10H2. The molecule has 136 valence electrons. The number of nitrogens with zero attached hydrogens (tertiary/aromatic N) is 2. The Morgan fingerprint density at radius 1 is 1.04 bits per heavy atom. The SMILES string of the molecule is FC(F)(F)c1cc(NCc2nnc(COc3ccccc3)o2)ccc1Cl. The third-order valence-electron chi connectivity index (χ3n) is 3.33. The van der Waals surface area contributed by atoms with Gasteiger partial charge in [-0.2, -0.15) is 13.2 Å². The molecule has 0 fully saturated rings. The zero-order valence-electron chi connectivity index (χ0n) is 13.3. The van der Waals surface area contributed by atoms with Gasteiger partial charge in [-0.05, 0) is 30.3 Å². The van der Waals surface area contributed by atoms with E-state index in [4.69, 9.17) is 20.8 Å². The Hall–Kier alpha value is -2.74. The van der Waals surface area contributed by atoms with E-state index in [9.17, 15) is 13.2 Å². The molecule has 0 amide bonds. The topological polar surface area (TPSA) is 60.2 Å². The third-order valence-corrected chi connectivity index (χ3v) is 3.66. The van der Waals surface area contributed by atoms with Crippen LogP contribution in [0.5, 0.6) is 5.75 Å². The first-order valence-electron chi connectivity index (χ1n) is 7.51. The second-order valence-electron chi connectivity index (χ2n) is 5.24. The minimum Gasteiger partial charge on any atom is -0.484 e. The second kappa shape index (κ2) is 7.65. The van der Waals surface area contributed by atoms with E-state index in [0.717, 1.165) is 6.07 Å². The van der Waals surface area contributed by atoms with Gasteiger partial charge in [0.2, 0.25) is 5.89 Å². The summed E-state index contributed by atoms with van der Waals surface area (Å²) in [6.45, 7) is 0.160. The summed E-state index contributed by atoms with van der Waals surface area (Å²) in [5, 5.41) is 10.1. The van der Waals surface area contributed by atoms with E-state index < -0.39 is 11.7 Å². The van der Waals surface area contributed by atoms with Crippen LogP contribution in [0.25, 0.3) is 0 Å². The number of ether oxygens (including phenoxy) is 1. The van der Waals surface area contributed by atoms with E-state index in [0.29, 0.717) is 5.75 Å². The van der Waals surface area contributed by atoms with Crippen LogP contribution in [0.4, 0.5) is 18.9 Å². The maximum atomic E-state index is 12.9. The van der Waals surface area contributed by atoms with Gasteiger partial charge in [0.05, 0.1) is 17.1 Å². The summed E-state index contributed by atoms with van der Waals surface area (Å²) < 4.78 is 49.4. The molecule has 0 bridgehead atoms. The van der Waals surface area contributed by atoms with E-state index >= 15 is 0 Å². The summed E-state index contributed by atoms with van der Waals surface area (Å²) in [4.78, 5) is 0. The fourth-order valence-corrected chi connectivity index (χ4v) is 2.33. The number of hydrogen-bond acceptors (Lipinski definition) is 5. The molecule has 0 saturated carbocycles. The van der Waals surface area contributed by atoms with Crippen molar-refractivity contribution < 1.29 is 22.3 Å². The molecular weight excluding hydrogens is 371 g/mol. The Labute approximate surface area is 151 Å². The van der Waals surface area contributed by atoms with Crippen molar-refractivity contribution >= 4 is 17.3 Å². The van der Waals surface area contributed by atoms with Crippen LogP contribution in [0.15, 0.2) is 52.9 Å². The van der Waals surface area contributed by atoms with Crippen LogP contribution in [-0.2, 0) is 19.3 Å². The molecule has 1 aromatic heterocycles. The Kier molecular flexibility index (Phi) is 5.32. The normalized spacial score (nSPS) is 11.4. The average Bonchev–Trinajstić information content (AvgIpc) is 3.07. The number of rotatable bonds is 6. The average molecular weight is 384 g/mol. The lowest BCUT2D eigenvalue weighted by Gasteiger charge is -2.11. The number of alkyl halides is 3. The van der Waals surface area contributed by atoms with Gasteiger partial charge in [0.25, 0.3) is 5.89 Å². The lowest BCUT2D eigenvalue weighted by atomic mass is 10.2. The molecule has 0 aliphatic carbocycles. The second-order valence-corrected chi connectivity index (χ2v) is 5.64. The van der Waals surface area contributed by atoms with Crippen molar-refractivity contribution in [1.29, 1.82) is 0 Å². The molecule has 0 spiro atoms. The van der Waals surface area contributed by atoms with E-state index in [1.54, 1.807) is 12.1 Å². The van der Waals surface area contributed by atoms with E-state index in [1.165, 1.54) is 12.1 Å². The van der Waals surface area contributed by atoms with Gasteiger partial charge in [-0.15, -0.1) is 10.2 Å². The molecule has 5 nitrogen and oxygen atoms in total. The molecule has 1 N–H and O–H groups in total. The first kappa shape index (κ1) is 18.1. The van der Waals surface area contributed by atoms with E-state index in [1.807, 2.05) is 18.2 Å². The lowest BCUT2D eigenvalue weighted by Crippen LogP contribution is -2.07. The van der Waals surface area contributed by atoms with Gasteiger partial charge >= 0.3 is 6.18 Å². The molecule has 0 saturated heterocycles. The number of nitrogens with one attached hydrogen (secondary N) is 1. The van der Waals surface area contributed by atoms with Gasteiger partial charge in [0, 0.05) is 5.69 Å². The Morgan fingerprint density at radius 2 is 1.77 bits per heavy atom. The fourth-order valence-electron chi connectivity index (χ4n) is 2.11. The Balaban J connectivity index is 1.58. The summed E-state index contributed by atoms with van der Waals surface area (Å²) >= 11 is 5.58. The van der Waals surface area contributed by atoms with Gasteiger partial charge in [-0.3, -0.25) is 0 Å². The Morgan fingerprint density at radius 3 is 2.50 bits per heavy atom. The monoisotopic (exact) mass is 383 g/mol. The lowest BCUT2D eigenvalue weighted by molar-refractivity contribution is -0.137. The number of hydrogen-bond donors (Lipinski definition) is 1. The van der Waals surface area contributed by atoms with Crippen molar-refractivity contribution in [2.75, 3.05) is 5.32 Å². The van der Waals surface area contributed by atoms with Gasteiger partial charge in [-0.25, -0.2) is 0 Å². The minimum atomic E-state index is -4.53. The highest BCUT2D eigenvalue weighted by Gasteiger charge is 2.33. The van der Waals surface area contributed by atoms with Crippen LogP contribution in [0.1, 0.15) is 17.3 Å². The highest BCUT2D eigenvalue weighted by Crippen LogP contribution is 2.36. The first-order valence-corrected chi connectivity index (χ1v) is 7.89. The predicted molar refractivity (Wildman–Crippen MR) is 88.9 cm³/mol. The summed E-state index contributed by atoms with van der Waals surface area (Å²) in [6.07, 6.45) is -4.53. The molecule has 0 atom stereocenters. The molecule has 0 radical (unpaired) electrons. The maximum absolute atomic E-state index is 12.9. The molecule has 0 unspecified atom stereocenters. The number of anilines is 1. The molecule has 3 rings (SSSR count). The molecule has 2 aromatic carbocycles. The summed E-state index contributed by atoms with van der Waals surface area (Å²) in [5.74, 6) is 1.14. The van der Waals surface area contributed by atoms with Crippen LogP contribution in [0.3, 0.4) is 0 Å². The predicted octanol–water partition coefficient (Wildman–Crippen LogP) is 4.93. The number of aromatic nitrogens is 2. The van der Waals surface area contributed by atoms with Crippen LogP contribution in [0.2, 0.25) is 5.02 Å². The van der Waals surface area contributed by atoms with Crippen molar-refractivity contribution in [3.8, 4) is 5.75 Å². The third kappa shape index (κ3) is 4.66. The molecule has 1 heterocycles.